The standard InChI is InChI=1S/C21H17N3O4/c1-23-20(25)15-9-13-12-4-2-3-5-14(12)22-18(13)19(24(15)21(23)26)11-6-7-16-17(8-11)28-10-27-16/h2-8,19,22,25H,9-10H2,1H3/t19-/m1/s1. The van der Waals surface area contributed by atoms with Crippen LogP contribution in [0.3, 0.4) is 0 Å². The lowest BCUT2D eigenvalue weighted by molar-refractivity contribution is 0.174. The van der Waals surface area contributed by atoms with Gasteiger partial charge in [0.2, 0.25) is 12.7 Å². The van der Waals surface area contributed by atoms with Gasteiger partial charge in [-0.3, -0.25) is 9.13 Å². The number of hydrogen-bond donors (Lipinski definition) is 2. The molecule has 0 unspecified atom stereocenters. The molecule has 0 bridgehead atoms. The Kier molecular flexibility index (Phi) is 2.88. The first-order valence-electron chi connectivity index (χ1n) is 9.11. The van der Waals surface area contributed by atoms with Gasteiger partial charge in [0.15, 0.2) is 11.5 Å². The van der Waals surface area contributed by atoms with Crippen LogP contribution in [0, 0.1) is 0 Å². The summed E-state index contributed by atoms with van der Waals surface area (Å²) < 4.78 is 13.9. The highest BCUT2D eigenvalue weighted by atomic mass is 16.7. The summed E-state index contributed by atoms with van der Waals surface area (Å²) in [5.74, 6) is 1.36. The minimum Gasteiger partial charge on any atom is -0.493 e. The van der Waals surface area contributed by atoms with E-state index in [2.05, 4.69) is 11.1 Å². The van der Waals surface area contributed by atoms with Crippen molar-refractivity contribution in [1.82, 2.24) is 14.1 Å². The number of aromatic amines is 1. The molecule has 0 radical (unpaired) electrons. The number of imidazole rings is 1. The van der Waals surface area contributed by atoms with Crippen LogP contribution in [-0.2, 0) is 13.5 Å². The van der Waals surface area contributed by atoms with Gasteiger partial charge in [-0.05, 0) is 29.3 Å². The van der Waals surface area contributed by atoms with Crippen molar-refractivity contribution in [2.24, 2.45) is 7.05 Å². The van der Waals surface area contributed by atoms with E-state index < -0.39 is 0 Å². The molecule has 2 N–H and O–H groups in total. The number of hydrogen-bond acceptors (Lipinski definition) is 4. The molecular weight excluding hydrogens is 358 g/mol. The van der Waals surface area contributed by atoms with Crippen molar-refractivity contribution in [3.05, 3.63) is 75.5 Å². The van der Waals surface area contributed by atoms with Gasteiger partial charge in [-0.1, -0.05) is 24.3 Å². The molecule has 7 nitrogen and oxygen atoms in total. The number of fused-ring (bicyclic) bond motifs is 5. The summed E-state index contributed by atoms with van der Waals surface area (Å²) in [5, 5.41) is 11.7. The summed E-state index contributed by atoms with van der Waals surface area (Å²) in [7, 11) is 1.59. The second-order valence-electron chi connectivity index (χ2n) is 7.24. The van der Waals surface area contributed by atoms with Gasteiger partial charge in [0, 0.05) is 30.1 Å². The van der Waals surface area contributed by atoms with E-state index in [1.54, 1.807) is 11.6 Å². The summed E-state index contributed by atoms with van der Waals surface area (Å²) in [6, 6.07) is 13.4. The maximum atomic E-state index is 13.0. The van der Waals surface area contributed by atoms with E-state index in [9.17, 15) is 9.90 Å². The zero-order valence-electron chi connectivity index (χ0n) is 15.1. The lowest BCUT2D eigenvalue weighted by Gasteiger charge is -2.26. The number of nitrogens with one attached hydrogen (secondary N) is 1. The molecule has 28 heavy (non-hydrogen) atoms. The second-order valence-corrected chi connectivity index (χ2v) is 7.24. The molecule has 0 saturated carbocycles. The van der Waals surface area contributed by atoms with Crippen LogP contribution in [-0.4, -0.2) is 26.0 Å². The number of ether oxygens (including phenoxy) is 2. The van der Waals surface area contributed by atoms with Crippen molar-refractivity contribution in [3.63, 3.8) is 0 Å². The van der Waals surface area contributed by atoms with Crippen LogP contribution < -0.4 is 15.2 Å². The maximum absolute atomic E-state index is 13.0. The fraction of sp³-hybridized carbons (Fsp3) is 0.190. The highest BCUT2D eigenvalue weighted by Gasteiger charge is 2.35. The van der Waals surface area contributed by atoms with Crippen molar-refractivity contribution in [3.8, 4) is 17.4 Å². The number of aromatic hydroxyl groups is 1. The van der Waals surface area contributed by atoms with Crippen LogP contribution in [0.2, 0.25) is 0 Å². The number of aromatic nitrogens is 3. The van der Waals surface area contributed by atoms with Crippen LogP contribution in [0.4, 0.5) is 0 Å². The Hall–Kier alpha value is -3.61. The molecule has 2 aromatic heterocycles. The van der Waals surface area contributed by atoms with Gasteiger partial charge in [-0.25, -0.2) is 4.79 Å². The van der Waals surface area contributed by atoms with Crippen LogP contribution in [0.5, 0.6) is 17.4 Å². The molecule has 140 valence electrons. The van der Waals surface area contributed by atoms with Gasteiger partial charge in [0.1, 0.15) is 6.04 Å². The predicted octanol–water partition coefficient (Wildman–Crippen LogP) is 2.64. The monoisotopic (exact) mass is 375 g/mol. The molecule has 4 heterocycles. The van der Waals surface area contributed by atoms with Gasteiger partial charge in [0.05, 0.1) is 5.69 Å². The summed E-state index contributed by atoms with van der Waals surface area (Å²) in [6.45, 7) is 0.193. The third-order valence-corrected chi connectivity index (χ3v) is 5.79. The predicted molar refractivity (Wildman–Crippen MR) is 102 cm³/mol. The van der Waals surface area contributed by atoms with E-state index in [4.69, 9.17) is 9.47 Å². The number of nitrogens with zero attached hydrogens (tertiary/aromatic N) is 2. The Balaban J connectivity index is 1.68. The normalized spacial score (nSPS) is 17.0. The minimum atomic E-state index is -0.389. The van der Waals surface area contributed by atoms with Crippen LogP contribution in [0.15, 0.2) is 47.3 Å². The Morgan fingerprint density at radius 3 is 2.86 bits per heavy atom. The fourth-order valence-corrected chi connectivity index (χ4v) is 4.44. The number of benzene rings is 2. The van der Waals surface area contributed by atoms with Crippen molar-refractivity contribution in [2.45, 2.75) is 12.5 Å². The highest BCUT2D eigenvalue weighted by Crippen LogP contribution is 2.43. The number of rotatable bonds is 1. The molecule has 6 rings (SSSR count). The topological polar surface area (TPSA) is 81.4 Å². The van der Waals surface area contributed by atoms with Crippen molar-refractivity contribution in [2.75, 3.05) is 6.79 Å². The molecule has 7 heteroatoms. The Bertz CT molecular complexity index is 1330. The average Bonchev–Trinajstić information content (AvgIpc) is 3.38. The second kappa shape index (κ2) is 5.22. The minimum absolute atomic E-state index is 0.00618. The molecule has 0 aliphatic carbocycles. The van der Waals surface area contributed by atoms with Crippen molar-refractivity contribution < 1.29 is 14.6 Å². The smallest absolute Gasteiger partial charge is 0.331 e. The molecule has 0 spiro atoms. The van der Waals surface area contributed by atoms with Crippen LogP contribution in [0.25, 0.3) is 10.9 Å². The Morgan fingerprint density at radius 2 is 1.96 bits per heavy atom. The van der Waals surface area contributed by atoms with Crippen LogP contribution in [0.1, 0.15) is 28.6 Å². The number of para-hydroxylation sites is 1. The van der Waals surface area contributed by atoms with Gasteiger partial charge in [-0.2, -0.15) is 0 Å². The summed E-state index contributed by atoms with van der Waals surface area (Å²) in [5.41, 5.74) is 4.33. The van der Waals surface area contributed by atoms with E-state index in [1.165, 1.54) is 4.57 Å². The highest BCUT2D eigenvalue weighted by molar-refractivity contribution is 5.86. The van der Waals surface area contributed by atoms with E-state index in [-0.39, 0.29) is 24.4 Å². The number of H-pyrrole nitrogens is 1. The molecule has 1 atom stereocenters. The zero-order valence-corrected chi connectivity index (χ0v) is 15.1. The molecule has 2 aromatic carbocycles. The third kappa shape index (κ3) is 1.85. The molecule has 2 aliphatic rings. The maximum Gasteiger partial charge on any atom is 0.331 e. The Morgan fingerprint density at radius 1 is 1.14 bits per heavy atom. The SMILES string of the molecule is Cn1c(O)c2n(c1=O)[C@H](c1ccc3c(c1)OCO3)c1[nH]c3ccccc3c1C2. The van der Waals surface area contributed by atoms with E-state index >= 15 is 0 Å². The zero-order chi connectivity index (χ0) is 19.0. The molecular formula is C21H17N3O4. The summed E-state index contributed by atoms with van der Waals surface area (Å²) >= 11 is 0. The largest absolute Gasteiger partial charge is 0.493 e. The molecule has 0 fully saturated rings. The first-order chi connectivity index (χ1) is 13.6. The molecule has 0 saturated heterocycles. The van der Waals surface area contributed by atoms with Gasteiger partial charge >= 0.3 is 5.69 Å². The Labute approximate surface area is 159 Å². The quantitative estimate of drug-likeness (QED) is 0.472. The van der Waals surface area contributed by atoms with E-state index in [0.717, 1.165) is 27.7 Å². The van der Waals surface area contributed by atoms with Gasteiger partial charge < -0.3 is 19.6 Å². The average molecular weight is 375 g/mol. The molecule has 2 aliphatic heterocycles. The third-order valence-electron chi connectivity index (χ3n) is 5.79. The summed E-state index contributed by atoms with van der Waals surface area (Å²) in [6.07, 6.45) is 0.488. The van der Waals surface area contributed by atoms with Crippen molar-refractivity contribution >= 4 is 10.9 Å². The lowest BCUT2D eigenvalue weighted by atomic mass is 9.93. The van der Waals surface area contributed by atoms with Crippen LogP contribution >= 0.6 is 0 Å². The summed E-state index contributed by atoms with van der Waals surface area (Å²) in [4.78, 5) is 16.5. The molecule has 0 amide bonds. The van der Waals surface area contributed by atoms with E-state index in [1.807, 2.05) is 36.4 Å². The van der Waals surface area contributed by atoms with Crippen molar-refractivity contribution in [1.29, 1.82) is 0 Å². The molecule has 4 aromatic rings. The first-order valence-corrected chi connectivity index (χ1v) is 9.11. The first kappa shape index (κ1) is 15.4. The fourth-order valence-electron chi connectivity index (χ4n) is 4.44. The van der Waals surface area contributed by atoms with E-state index in [0.29, 0.717) is 23.6 Å². The van der Waals surface area contributed by atoms with Gasteiger partial charge in [-0.15, -0.1) is 0 Å². The van der Waals surface area contributed by atoms with Gasteiger partial charge in [0.25, 0.3) is 0 Å². The lowest BCUT2D eigenvalue weighted by Crippen LogP contribution is -2.31.